The molecule has 1 atom stereocenters. The third kappa shape index (κ3) is 3.35. The first-order valence-corrected chi connectivity index (χ1v) is 10.6. The molecule has 0 amide bonds. The Morgan fingerprint density at radius 3 is 2.88 bits per heavy atom. The molecule has 4 rings (SSSR count). The Kier molecular flexibility index (Phi) is 4.71. The maximum Gasteiger partial charge on any atom is 0.260 e. The van der Waals surface area contributed by atoms with Gasteiger partial charge in [-0.25, -0.2) is 4.98 Å². The van der Waals surface area contributed by atoms with Gasteiger partial charge in [0.25, 0.3) is 5.56 Å². The van der Waals surface area contributed by atoms with E-state index in [1.54, 1.807) is 11.3 Å². The molecule has 134 valence electrons. The lowest BCUT2D eigenvalue weighted by Gasteiger charge is -2.17. The molecule has 1 unspecified atom stereocenters. The van der Waals surface area contributed by atoms with Crippen LogP contribution < -0.4 is 5.56 Å². The van der Waals surface area contributed by atoms with Gasteiger partial charge in [0.1, 0.15) is 4.83 Å². The van der Waals surface area contributed by atoms with E-state index >= 15 is 0 Å². The number of hydrogen-bond donors (Lipinski definition) is 1. The van der Waals surface area contributed by atoms with Crippen LogP contribution in [0.4, 0.5) is 0 Å². The maximum absolute atomic E-state index is 12.6. The largest absolute Gasteiger partial charge is 0.301 e. The molecule has 0 saturated carbocycles. The van der Waals surface area contributed by atoms with Crippen molar-refractivity contribution in [3.8, 4) is 0 Å². The molecule has 3 aromatic rings. The van der Waals surface area contributed by atoms with Gasteiger partial charge in [-0.05, 0) is 37.7 Å². The van der Waals surface area contributed by atoms with Gasteiger partial charge in [-0.1, -0.05) is 48.5 Å². The summed E-state index contributed by atoms with van der Waals surface area (Å²) in [4.78, 5) is 34.5. The topological polar surface area (TPSA) is 62.8 Å². The van der Waals surface area contributed by atoms with Crippen LogP contribution in [0, 0.1) is 12.8 Å². The number of nitrogens with zero attached hydrogens (tertiary/aromatic N) is 1. The molecule has 0 fully saturated rings. The Labute approximate surface area is 160 Å². The second kappa shape index (κ2) is 7.00. The van der Waals surface area contributed by atoms with E-state index in [9.17, 15) is 9.59 Å². The summed E-state index contributed by atoms with van der Waals surface area (Å²) >= 11 is 2.93. The molecule has 6 heteroatoms. The standard InChI is InChI=1S/C20H20N2O2S2/c1-11-3-6-13(7-4-11)15(23)10-25-20-21-18(24)17-14-8-5-12(2)9-16(14)26-19(17)22-20/h3-4,6-7,12H,5,8-10H2,1-2H3,(H,21,22,24). The number of aromatic nitrogens is 2. The number of thiophene rings is 1. The number of nitrogens with one attached hydrogen (secondary N) is 1. The van der Waals surface area contributed by atoms with Crippen LogP contribution in [-0.4, -0.2) is 21.5 Å². The highest BCUT2D eigenvalue weighted by molar-refractivity contribution is 7.99. The number of benzene rings is 1. The van der Waals surface area contributed by atoms with Gasteiger partial charge < -0.3 is 4.98 Å². The number of aromatic amines is 1. The molecule has 0 radical (unpaired) electrons. The van der Waals surface area contributed by atoms with Crippen LogP contribution in [-0.2, 0) is 12.8 Å². The van der Waals surface area contributed by atoms with E-state index in [4.69, 9.17) is 0 Å². The van der Waals surface area contributed by atoms with Gasteiger partial charge in [0.15, 0.2) is 10.9 Å². The molecule has 1 aliphatic carbocycles. The van der Waals surface area contributed by atoms with Crippen molar-refractivity contribution in [3.63, 3.8) is 0 Å². The minimum absolute atomic E-state index is 0.0389. The molecule has 1 aliphatic rings. The number of H-pyrrole nitrogens is 1. The van der Waals surface area contributed by atoms with Gasteiger partial charge in [-0.15, -0.1) is 11.3 Å². The number of ketones is 1. The first-order chi connectivity index (χ1) is 12.5. The minimum Gasteiger partial charge on any atom is -0.301 e. The minimum atomic E-state index is -0.0765. The summed E-state index contributed by atoms with van der Waals surface area (Å²) in [5, 5.41) is 1.28. The Morgan fingerprint density at radius 2 is 2.12 bits per heavy atom. The Morgan fingerprint density at radius 1 is 1.35 bits per heavy atom. The highest BCUT2D eigenvalue weighted by atomic mass is 32.2. The summed E-state index contributed by atoms with van der Waals surface area (Å²) in [6, 6.07) is 7.54. The summed E-state index contributed by atoms with van der Waals surface area (Å²) in [6.45, 7) is 4.25. The smallest absolute Gasteiger partial charge is 0.260 e. The number of carbonyl (C=O) groups is 1. The fraction of sp³-hybridized carbons (Fsp3) is 0.350. The summed E-state index contributed by atoms with van der Waals surface area (Å²) in [5.74, 6) is 0.965. The third-order valence-electron chi connectivity index (χ3n) is 4.86. The maximum atomic E-state index is 12.6. The SMILES string of the molecule is Cc1ccc(C(=O)CSc2nc3sc4c(c3c(=O)[nH]2)CCC(C)C4)cc1. The molecule has 1 aromatic carbocycles. The first kappa shape index (κ1) is 17.5. The van der Waals surface area contributed by atoms with Crippen molar-refractivity contribution in [2.75, 3.05) is 5.75 Å². The second-order valence-corrected chi connectivity index (χ2v) is 9.03. The van der Waals surface area contributed by atoms with Gasteiger partial charge in [-0.2, -0.15) is 0 Å². The molecular formula is C20H20N2O2S2. The average Bonchev–Trinajstić information content (AvgIpc) is 2.98. The molecule has 26 heavy (non-hydrogen) atoms. The quantitative estimate of drug-likeness (QED) is 0.412. The van der Waals surface area contributed by atoms with E-state index in [1.165, 1.54) is 22.2 Å². The summed E-state index contributed by atoms with van der Waals surface area (Å²) in [5.41, 5.74) is 2.92. The van der Waals surface area contributed by atoms with Crippen molar-refractivity contribution < 1.29 is 4.79 Å². The average molecular weight is 385 g/mol. The first-order valence-electron chi connectivity index (χ1n) is 8.78. The fourth-order valence-electron chi connectivity index (χ4n) is 3.35. The zero-order chi connectivity index (χ0) is 18.3. The highest BCUT2D eigenvalue weighted by Crippen LogP contribution is 2.36. The molecule has 1 N–H and O–H groups in total. The van der Waals surface area contributed by atoms with Crippen molar-refractivity contribution >= 4 is 39.1 Å². The predicted molar refractivity (Wildman–Crippen MR) is 108 cm³/mol. The Bertz CT molecular complexity index is 1030. The van der Waals surface area contributed by atoms with E-state index in [1.807, 2.05) is 31.2 Å². The number of aryl methyl sites for hydroxylation is 2. The second-order valence-electron chi connectivity index (χ2n) is 6.98. The predicted octanol–water partition coefficient (Wildman–Crippen LogP) is 4.39. The van der Waals surface area contributed by atoms with E-state index in [0.29, 0.717) is 16.6 Å². The Balaban J connectivity index is 1.57. The van der Waals surface area contributed by atoms with Gasteiger partial charge in [-0.3, -0.25) is 9.59 Å². The number of hydrogen-bond acceptors (Lipinski definition) is 5. The van der Waals surface area contributed by atoms with Crippen LogP contribution in [0.2, 0.25) is 0 Å². The number of Topliss-reactive ketones (excluding diaryl/α,β-unsaturated/α-hetero) is 1. The molecule has 0 spiro atoms. The normalized spacial score (nSPS) is 16.6. The lowest BCUT2D eigenvalue weighted by molar-refractivity contribution is 0.102. The summed E-state index contributed by atoms with van der Waals surface area (Å²) in [6.07, 6.45) is 3.11. The van der Waals surface area contributed by atoms with Crippen LogP contribution >= 0.6 is 23.1 Å². The summed E-state index contributed by atoms with van der Waals surface area (Å²) < 4.78 is 0. The summed E-state index contributed by atoms with van der Waals surface area (Å²) in [7, 11) is 0. The zero-order valence-electron chi connectivity index (χ0n) is 14.8. The van der Waals surface area contributed by atoms with Gasteiger partial charge >= 0.3 is 0 Å². The zero-order valence-corrected chi connectivity index (χ0v) is 16.4. The molecule has 0 aliphatic heterocycles. The highest BCUT2D eigenvalue weighted by Gasteiger charge is 2.23. The van der Waals surface area contributed by atoms with Crippen LogP contribution in [0.5, 0.6) is 0 Å². The van der Waals surface area contributed by atoms with Gasteiger partial charge in [0.2, 0.25) is 0 Å². The number of carbonyl (C=O) groups excluding carboxylic acids is 1. The van der Waals surface area contributed by atoms with Crippen LogP contribution in [0.25, 0.3) is 10.2 Å². The fourth-order valence-corrected chi connectivity index (χ4v) is 5.55. The molecule has 4 nitrogen and oxygen atoms in total. The van der Waals surface area contributed by atoms with E-state index in [2.05, 4.69) is 16.9 Å². The van der Waals surface area contributed by atoms with Crippen molar-refractivity contribution in [2.24, 2.45) is 5.92 Å². The van der Waals surface area contributed by atoms with Gasteiger partial charge in [0, 0.05) is 10.4 Å². The molecule has 2 aromatic heterocycles. The number of rotatable bonds is 4. The lowest BCUT2D eigenvalue weighted by Crippen LogP contribution is -2.13. The van der Waals surface area contributed by atoms with E-state index in [-0.39, 0.29) is 17.1 Å². The molecular weight excluding hydrogens is 364 g/mol. The Hall–Kier alpha value is -1.92. The van der Waals surface area contributed by atoms with Crippen molar-refractivity contribution in [3.05, 3.63) is 56.2 Å². The molecule has 2 heterocycles. The van der Waals surface area contributed by atoms with E-state index in [0.717, 1.165) is 35.0 Å². The molecule has 0 saturated heterocycles. The molecule has 0 bridgehead atoms. The van der Waals surface area contributed by atoms with E-state index < -0.39 is 0 Å². The van der Waals surface area contributed by atoms with Crippen molar-refractivity contribution in [1.82, 2.24) is 9.97 Å². The van der Waals surface area contributed by atoms with Crippen molar-refractivity contribution in [1.29, 1.82) is 0 Å². The lowest BCUT2D eigenvalue weighted by atomic mass is 9.89. The third-order valence-corrected chi connectivity index (χ3v) is 6.88. The number of fused-ring (bicyclic) bond motifs is 3. The van der Waals surface area contributed by atoms with Crippen LogP contribution in [0.1, 0.15) is 39.7 Å². The monoisotopic (exact) mass is 384 g/mol. The number of thioether (sulfide) groups is 1. The van der Waals surface area contributed by atoms with Crippen LogP contribution in [0.15, 0.2) is 34.2 Å². The van der Waals surface area contributed by atoms with Crippen molar-refractivity contribution in [2.45, 2.75) is 38.3 Å². The van der Waals surface area contributed by atoms with Gasteiger partial charge in [0.05, 0.1) is 11.1 Å². The van der Waals surface area contributed by atoms with Crippen LogP contribution in [0.3, 0.4) is 0 Å².